The molecule has 0 aliphatic heterocycles. The summed E-state index contributed by atoms with van der Waals surface area (Å²) in [4.78, 5) is 25.0. The number of nitrogens with one attached hydrogen (secondary N) is 2. The zero-order chi connectivity index (χ0) is 20.4. The summed E-state index contributed by atoms with van der Waals surface area (Å²) in [5.41, 5.74) is 1.49. The minimum Gasteiger partial charge on any atom is -0.506 e. The van der Waals surface area contributed by atoms with Crippen molar-refractivity contribution < 1.29 is 19.4 Å². The van der Waals surface area contributed by atoms with Crippen molar-refractivity contribution in [1.82, 2.24) is 5.32 Å². The van der Waals surface area contributed by atoms with Crippen LogP contribution in [0.15, 0.2) is 54.6 Å². The molecule has 0 heterocycles. The number of ether oxygens (including phenoxy) is 1. The molecule has 0 radical (unpaired) electrons. The molecule has 0 aromatic heterocycles. The zero-order valence-electron chi connectivity index (χ0n) is 16.1. The van der Waals surface area contributed by atoms with Gasteiger partial charge in [0.25, 0.3) is 11.8 Å². The number of aromatic hydroxyl groups is 1. The Labute approximate surface area is 168 Å². The Morgan fingerprint density at radius 3 is 2.48 bits per heavy atom. The molecule has 1 saturated carbocycles. The van der Waals surface area contributed by atoms with Crippen molar-refractivity contribution in [2.45, 2.75) is 25.8 Å². The van der Waals surface area contributed by atoms with Crippen molar-refractivity contribution in [2.24, 2.45) is 0 Å². The van der Waals surface area contributed by atoms with Crippen molar-refractivity contribution in [3.8, 4) is 11.5 Å². The molecule has 0 atom stereocenters. The Hall–Kier alpha value is -3.54. The maximum absolute atomic E-state index is 12.9. The van der Waals surface area contributed by atoms with Crippen LogP contribution in [0.1, 0.15) is 28.8 Å². The normalized spacial score (nSPS) is 13.1. The van der Waals surface area contributed by atoms with E-state index in [4.69, 9.17) is 4.74 Å². The third kappa shape index (κ3) is 4.48. The van der Waals surface area contributed by atoms with E-state index in [1.807, 2.05) is 31.2 Å². The van der Waals surface area contributed by atoms with Crippen molar-refractivity contribution >= 4 is 28.3 Å². The highest BCUT2D eigenvalue weighted by atomic mass is 16.5. The molecule has 2 amide bonds. The van der Waals surface area contributed by atoms with Crippen molar-refractivity contribution in [2.75, 3.05) is 11.9 Å². The number of fused-ring (bicyclic) bond motifs is 1. The first-order valence-corrected chi connectivity index (χ1v) is 9.55. The summed E-state index contributed by atoms with van der Waals surface area (Å²) in [6.45, 7) is 1.69. The van der Waals surface area contributed by atoms with Gasteiger partial charge in [-0.1, -0.05) is 30.3 Å². The number of amides is 2. The average molecular weight is 390 g/mol. The molecule has 1 aliphatic carbocycles. The molecule has 0 unspecified atom stereocenters. The standard InChI is InChI=1S/C23H22N2O4/c1-14-6-9-19(20(26)10-14)25-23(28)18-11-15-4-2-3-5-16(15)12-21(18)29-13-22(27)24-17-7-8-17/h2-6,9-12,17,26H,7-8,13H2,1H3,(H,24,27)(H,25,28). The number of carbonyl (C=O) groups excluding carboxylic acids is 2. The van der Waals surface area contributed by atoms with E-state index in [9.17, 15) is 14.7 Å². The zero-order valence-corrected chi connectivity index (χ0v) is 16.1. The van der Waals surface area contributed by atoms with Gasteiger partial charge in [-0.2, -0.15) is 0 Å². The van der Waals surface area contributed by atoms with Crippen LogP contribution in [0.4, 0.5) is 5.69 Å². The lowest BCUT2D eigenvalue weighted by Crippen LogP contribution is -2.30. The number of rotatable bonds is 6. The lowest BCUT2D eigenvalue weighted by atomic mass is 10.0. The van der Waals surface area contributed by atoms with E-state index in [1.54, 1.807) is 30.3 Å². The maximum Gasteiger partial charge on any atom is 0.259 e. The molecule has 4 rings (SSSR count). The number of benzene rings is 3. The molecule has 148 valence electrons. The van der Waals surface area contributed by atoms with Crippen LogP contribution in [0, 0.1) is 6.92 Å². The minimum atomic E-state index is -0.424. The fourth-order valence-corrected chi connectivity index (χ4v) is 3.09. The second-order valence-electron chi connectivity index (χ2n) is 7.30. The predicted octanol–water partition coefficient (Wildman–Crippen LogP) is 3.76. The Kier molecular flexibility index (Phi) is 5.08. The maximum atomic E-state index is 12.9. The molecule has 3 aromatic carbocycles. The Balaban J connectivity index is 1.61. The van der Waals surface area contributed by atoms with Gasteiger partial charge in [0.1, 0.15) is 11.5 Å². The van der Waals surface area contributed by atoms with E-state index in [0.717, 1.165) is 29.2 Å². The third-order valence-electron chi connectivity index (χ3n) is 4.80. The second kappa shape index (κ2) is 7.83. The van der Waals surface area contributed by atoms with Crippen LogP contribution in [0.2, 0.25) is 0 Å². The number of aryl methyl sites for hydroxylation is 1. The van der Waals surface area contributed by atoms with Crippen LogP contribution < -0.4 is 15.4 Å². The fraction of sp³-hybridized carbons (Fsp3) is 0.217. The van der Waals surface area contributed by atoms with E-state index in [0.29, 0.717) is 17.0 Å². The van der Waals surface area contributed by atoms with Crippen molar-refractivity contribution in [3.05, 3.63) is 65.7 Å². The third-order valence-corrected chi connectivity index (χ3v) is 4.80. The first-order chi connectivity index (χ1) is 14.0. The highest BCUT2D eigenvalue weighted by Gasteiger charge is 2.24. The molecule has 0 spiro atoms. The quantitative estimate of drug-likeness (QED) is 0.559. The van der Waals surface area contributed by atoms with E-state index in [2.05, 4.69) is 10.6 Å². The van der Waals surface area contributed by atoms with Crippen molar-refractivity contribution in [1.29, 1.82) is 0 Å². The number of carbonyl (C=O) groups is 2. The van der Waals surface area contributed by atoms with Gasteiger partial charge in [0.15, 0.2) is 6.61 Å². The van der Waals surface area contributed by atoms with E-state index in [-0.39, 0.29) is 24.3 Å². The van der Waals surface area contributed by atoms with Crippen LogP contribution in [0.25, 0.3) is 10.8 Å². The van der Waals surface area contributed by atoms with Gasteiger partial charge in [-0.15, -0.1) is 0 Å². The summed E-state index contributed by atoms with van der Waals surface area (Å²) in [6.07, 6.45) is 1.99. The summed E-state index contributed by atoms with van der Waals surface area (Å²) in [6, 6.07) is 16.4. The molecule has 3 N–H and O–H groups in total. The predicted molar refractivity (Wildman–Crippen MR) is 111 cm³/mol. The summed E-state index contributed by atoms with van der Waals surface area (Å²) < 4.78 is 5.71. The average Bonchev–Trinajstić information content (AvgIpc) is 3.51. The van der Waals surface area contributed by atoms with E-state index < -0.39 is 5.91 Å². The molecule has 1 fully saturated rings. The number of hydrogen-bond acceptors (Lipinski definition) is 4. The first kappa shape index (κ1) is 18.8. The monoisotopic (exact) mass is 390 g/mol. The lowest BCUT2D eigenvalue weighted by molar-refractivity contribution is -0.123. The minimum absolute atomic E-state index is 0.00887. The Bertz CT molecular complexity index is 1090. The van der Waals surface area contributed by atoms with Gasteiger partial charge in [0.05, 0.1) is 11.3 Å². The van der Waals surface area contributed by atoms with Gasteiger partial charge in [-0.25, -0.2) is 0 Å². The molecule has 0 saturated heterocycles. The second-order valence-corrected chi connectivity index (χ2v) is 7.30. The van der Waals surface area contributed by atoms with Crippen molar-refractivity contribution in [3.63, 3.8) is 0 Å². The summed E-state index contributed by atoms with van der Waals surface area (Å²) in [5.74, 6) is -0.320. The molecule has 3 aromatic rings. The largest absolute Gasteiger partial charge is 0.506 e. The molecule has 6 heteroatoms. The van der Waals surface area contributed by atoms with Gasteiger partial charge < -0.3 is 20.5 Å². The SMILES string of the molecule is Cc1ccc(NC(=O)c2cc3ccccc3cc2OCC(=O)NC2CC2)c(O)c1. The summed E-state index contributed by atoms with van der Waals surface area (Å²) in [5, 5.41) is 17.5. The van der Waals surface area contributed by atoms with Gasteiger partial charge in [-0.05, 0) is 60.4 Å². The van der Waals surface area contributed by atoms with E-state index in [1.165, 1.54) is 0 Å². The number of phenolic OH excluding ortho intramolecular Hbond substituents is 1. The lowest BCUT2D eigenvalue weighted by Gasteiger charge is -2.14. The number of hydrogen-bond donors (Lipinski definition) is 3. The summed E-state index contributed by atoms with van der Waals surface area (Å²) in [7, 11) is 0. The van der Waals surface area contributed by atoms with Gasteiger partial charge in [0, 0.05) is 6.04 Å². The van der Waals surface area contributed by atoms with Gasteiger partial charge in [-0.3, -0.25) is 9.59 Å². The Morgan fingerprint density at radius 2 is 1.79 bits per heavy atom. The van der Waals surface area contributed by atoms with Crippen LogP contribution >= 0.6 is 0 Å². The molecule has 6 nitrogen and oxygen atoms in total. The van der Waals surface area contributed by atoms with Gasteiger partial charge >= 0.3 is 0 Å². The smallest absolute Gasteiger partial charge is 0.259 e. The molecule has 0 bridgehead atoms. The number of anilines is 1. The summed E-state index contributed by atoms with van der Waals surface area (Å²) >= 11 is 0. The van der Waals surface area contributed by atoms with Crippen LogP contribution in [0.3, 0.4) is 0 Å². The van der Waals surface area contributed by atoms with Crippen LogP contribution in [-0.4, -0.2) is 29.6 Å². The molecular formula is C23H22N2O4. The van der Waals surface area contributed by atoms with Gasteiger partial charge in [0.2, 0.25) is 0 Å². The molecule has 1 aliphatic rings. The van der Waals surface area contributed by atoms with E-state index >= 15 is 0 Å². The topological polar surface area (TPSA) is 87.7 Å². The van der Waals surface area contributed by atoms with Crippen LogP contribution in [0.5, 0.6) is 11.5 Å². The Morgan fingerprint density at radius 1 is 1.07 bits per heavy atom. The van der Waals surface area contributed by atoms with Crippen LogP contribution in [-0.2, 0) is 4.79 Å². The fourth-order valence-electron chi connectivity index (χ4n) is 3.09. The highest BCUT2D eigenvalue weighted by molar-refractivity contribution is 6.09. The molecular weight excluding hydrogens is 368 g/mol. The first-order valence-electron chi connectivity index (χ1n) is 9.55. The molecule has 29 heavy (non-hydrogen) atoms. The number of phenols is 1. The highest BCUT2D eigenvalue weighted by Crippen LogP contribution is 2.29.